The number of benzene rings is 2. The molecule has 0 heterocycles. The predicted octanol–water partition coefficient (Wildman–Crippen LogP) is 3.89. The van der Waals surface area contributed by atoms with E-state index in [2.05, 4.69) is 10.6 Å². The average molecular weight is 355 g/mol. The number of amides is 1. The molecule has 0 aromatic heterocycles. The SMILES string of the molecule is O=C(COc1ccc(Cl)cc1)NC(=S)Nc1ccccc1Cl. The molecule has 0 saturated carbocycles. The number of nitrogens with one attached hydrogen (secondary N) is 2. The van der Waals surface area contributed by atoms with Crippen molar-refractivity contribution in [1.82, 2.24) is 5.32 Å². The van der Waals surface area contributed by atoms with Crippen LogP contribution in [0.1, 0.15) is 0 Å². The maximum absolute atomic E-state index is 11.7. The second-order valence-corrected chi connectivity index (χ2v) is 5.48. The molecule has 0 saturated heterocycles. The zero-order chi connectivity index (χ0) is 15.9. The summed E-state index contributed by atoms with van der Waals surface area (Å²) < 4.78 is 5.31. The number of hydrogen-bond donors (Lipinski definition) is 2. The first-order chi connectivity index (χ1) is 10.5. The van der Waals surface area contributed by atoms with Gasteiger partial charge < -0.3 is 10.1 Å². The third kappa shape index (κ3) is 5.18. The fraction of sp³-hybridized carbons (Fsp3) is 0.0667. The van der Waals surface area contributed by atoms with Crippen LogP contribution >= 0.6 is 35.4 Å². The van der Waals surface area contributed by atoms with E-state index in [-0.39, 0.29) is 17.6 Å². The molecule has 0 aliphatic carbocycles. The molecule has 0 spiro atoms. The topological polar surface area (TPSA) is 50.4 Å². The van der Waals surface area contributed by atoms with E-state index in [0.29, 0.717) is 21.5 Å². The molecular weight excluding hydrogens is 343 g/mol. The Kier molecular flexibility index (Phi) is 6.00. The van der Waals surface area contributed by atoms with Crippen molar-refractivity contribution in [1.29, 1.82) is 0 Å². The number of rotatable bonds is 4. The van der Waals surface area contributed by atoms with E-state index in [4.69, 9.17) is 40.2 Å². The number of para-hydroxylation sites is 1. The Balaban J connectivity index is 1.80. The number of carbonyl (C=O) groups excluding carboxylic acids is 1. The third-order valence-corrected chi connectivity index (χ3v) is 3.34. The molecule has 0 atom stereocenters. The summed E-state index contributed by atoms with van der Waals surface area (Å²) in [4.78, 5) is 11.7. The Hall–Kier alpha value is -1.82. The Morgan fingerprint density at radius 2 is 1.77 bits per heavy atom. The minimum absolute atomic E-state index is 0.151. The molecule has 7 heteroatoms. The smallest absolute Gasteiger partial charge is 0.264 e. The molecule has 2 N–H and O–H groups in total. The van der Waals surface area contributed by atoms with Crippen LogP contribution in [0.25, 0.3) is 0 Å². The van der Waals surface area contributed by atoms with Crippen LogP contribution in [0.3, 0.4) is 0 Å². The Bertz CT molecular complexity index is 677. The maximum Gasteiger partial charge on any atom is 0.264 e. The number of carbonyl (C=O) groups is 1. The lowest BCUT2D eigenvalue weighted by atomic mass is 10.3. The van der Waals surface area contributed by atoms with Gasteiger partial charge in [0.05, 0.1) is 10.7 Å². The van der Waals surface area contributed by atoms with Gasteiger partial charge in [0, 0.05) is 5.02 Å². The lowest BCUT2D eigenvalue weighted by molar-refractivity contribution is -0.121. The number of halogens is 2. The Labute approximate surface area is 143 Å². The van der Waals surface area contributed by atoms with Crippen molar-refractivity contribution in [3.05, 3.63) is 58.6 Å². The van der Waals surface area contributed by atoms with Crippen LogP contribution in [0.4, 0.5) is 5.69 Å². The summed E-state index contributed by atoms with van der Waals surface area (Å²) in [5, 5.41) is 6.61. The Morgan fingerprint density at radius 3 is 2.45 bits per heavy atom. The molecule has 2 aromatic carbocycles. The van der Waals surface area contributed by atoms with Crippen molar-refractivity contribution in [2.24, 2.45) is 0 Å². The van der Waals surface area contributed by atoms with Crippen molar-refractivity contribution >= 4 is 52.1 Å². The van der Waals surface area contributed by atoms with Crippen LogP contribution in [0, 0.1) is 0 Å². The summed E-state index contributed by atoms with van der Waals surface area (Å²) in [6, 6.07) is 13.8. The fourth-order valence-corrected chi connectivity index (χ4v) is 2.09. The lowest BCUT2D eigenvalue weighted by Crippen LogP contribution is -2.37. The fourth-order valence-electron chi connectivity index (χ4n) is 1.56. The number of thiocarbonyl (C=S) groups is 1. The summed E-state index contributed by atoms with van der Waals surface area (Å²) in [7, 11) is 0. The van der Waals surface area contributed by atoms with Crippen molar-refractivity contribution in [3.63, 3.8) is 0 Å². The quantitative estimate of drug-likeness (QED) is 0.818. The third-order valence-electron chi connectivity index (χ3n) is 2.56. The van der Waals surface area contributed by atoms with Gasteiger partial charge in [-0.25, -0.2) is 0 Å². The monoisotopic (exact) mass is 354 g/mol. The van der Waals surface area contributed by atoms with E-state index >= 15 is 0 Å². The molecule has 22 heavy (non-hydrogen) atoms. The van der Waals surface area contributed by atoms with Gasteiger partial charge in [-0.05, 0) is 48.6 Å². The highest BCUT2D eigenvalue weighted by molar-refractivity contribution is 7.80. The van der Waals surface area contributed by atoms with E-state index in [9.17, 15) is 4.79 Å². The van der Waals surface area contributed by atoms with Crippen molar-refractivity contribution in [2.75, 3.05) is 11.9 Å². The molecule has 0 aliphatic rings. The van der Waals surface area contributed by atoms with Crippen molar-refractivity contribution in [2.45, 2.75) is 0 Å². The number of hydrogen-bond acceptors (Lipinski definition) is 3. The summed E-state index contributed by atoms with van der Waals surface area (Å²) >= 11 is 16.8. The summed E-state index contributed by atoms with van der Waals surface area (Å²) in [6.07, 6.45) is 0. The molecule has 0 radical (unpaired) electrons. The molecule has 2 rings (SSSR count). The normalized spacial score (nSPS) is 9.91. The van der Waals surface area contributed by atoms with E-state index in [0.717, 1.165) is 0 Å². The highest BCUT2D eigenvalue weighted by Gasteiger charge is 2.07. The number of ether oxygens (including phenoxy) is 1. The van der Waals surface area contributed by atoms with Crippen LogP contribution in [-0.4, -0.2) is 17.6 Å². The molecule has 0 aliphatic heterocycles. The van der Waals surface area contributed by atoms with Gasteiger partial charge in [-0.15, -0.1) is 0 Å². The summed E-state index contributed by atoms with van der Waals surface area (Å²) in [6.45, 7) is -0.161. The highest BCUT2D eigenvalue weighted by atomic mass is 35.5. The minimum Gasteiger partial charge on any atom is -0.484 e. The van der Waals surface area contributed by atoms with Crippen LogP contribution in [0.5, 0.6) is 5.75 Å². The van der Waals surface area contributed by atoms with Gasteiger partial charge in [-0.3, -0.25) is 10.1 Å². The predicted molar refractivity (Wildman–Crippen MR) is 92.8 cm³/mol. The van der Waals surface area contributed by atoms with Gasteiger partial charge in [0.15, 0.2) is 11.7 Å². The first-order valence-corrected chi connectivity index (χ1v) is 7.45. The molecule has 1 amide bonds. The molecule has 4 nitrogen and oxygen atoms in total. The zero-order valence-corrected chi connectivity index (χ0v) is 13.6. The average Bonchev–Trinajstić information content (AvgIpc) is 2.49. The van der Waals surface area contributed by atoms with Gasteiger partial charge in [-0.1, -0.05) is 35.3 Å². The molecule has 0 fully saturated rings. The van der Waals surface area contributed by atoms with Gasteiger partial charge in [-0.2, -0.15) is 0 Å². The number of anilines is 1. The van der Waals surface area contributed by atoms with E-state index in [1.54, 1.807) is 42.5 Å². The second kappa shape index (κ2) is 7.98. The first kappa shape index (κ1) is 16.5. The first-order valence-electron chi connectivity index (χ1n) is 6.28. The second-order valence-electron chi connectivity index (χ2n) is 4.22. The standard InChI is InChI=1S/C15H12Cl2N2O2S/c16-10-5-7-11(8-6-10)21-9-14(20)19-15(22)18-13-4-2-1-3-12(13)17/h1-8H,9H2,(H2,18,19,20,22). The summed E-state index contributed by atoms with van der Waals surface area (Å²) in [5.41, 5.74) is 0.619. The minimum atomic E-state index is -0.375. The van der Waals surface area contributed by atoms with E-state index in [1.807, 2.05) is 6.07 Å². The van der Waals surface area contributed by atoms with Crippen molar-refractivity contribution < 1.29 is 9.53 Å². The van der Waals surface area contributed by atoms with Gasteiger partial charge in [0.25, 0.3) is 5.91 Å². The van der Waals surface area contributed by atoms with Crippen LogP contribution in [0.15, 0.2) is 48.5 Å². The highest BCUT2D eigenvalue weighted by Crippen LogP contribution is 2.20. The van der Waals surface area contributed by atoms with Crippen LogP contribution < -0.4 is 15.4 Å². The molecule has 2 aromatic rings. The van der Waals surface area contributed by atoms with Gasteiger partial charge >= 0.3 is 0 Å². The van der Waals surface area contributed by atoms with Gasteiger partial charge in [0.1, 0.15) is 5.75 Å². The van der Waals surface area contributed by atoms with Crippen LogP contribution in [0.2, 0.25) is 10.0 Å². The van der Waals surface area contributed by atoms with Crippen molar-refractivity contribution in [3.8, 4) is 5.75 Å². The molecule has 0 unspecified atom stereocenters. The lowest BCUT2D eigenvalue weighted by Gasteiger charge is -2.11. The molecular formula is C15H12Cl2N2O2S. The van der Waals surface area contributed by atoms with E-state index in [1.165, 1.54) is 0 Å². The summed E-state index contributed by atoms with van der Waals surface area (Å²) in [5.74, 6) is 0.170. The largest absolute Gasteiger partial charge is 0.484 e. The van der Waals surface area contributed by atoms with Crippen LogP contribution in [-0.2, 0) is 4.79 Å². The zero-order valence-electron chi connectivity index (χ0n) is 11.3. The maximum atomic E-state index is 11.7. The molecule has 114 valence electrons. The molecule has 0 bridgehead atoms. The van der Waals surface area contributed by atoms with E-state index < -0.39 is 0 Å². The van der Waals surface area contributed by atoms with Gasteiger partial charge in [0.2, 0.25) is 0 Å². The Morgan fingerprint density at radius 1 is 1.09 bits per heavy atom.